The highest BCUT2D eigenvalue weighted by Crippen LogP contribution is 2.56. The molecule has 3 saturated heterocycles. The molecule has 4 aromatic carbocycles. The van der Waals surface area contributed by atoms with E-state index in [1.54, 1.807) is 4.90 Å². The van der Waals surface area contributed by atoms with Crippen LogP contribution in [0, 0.1) is 23.5 Å². The molecule has 5 aliphatic rings. The number of anilines is 1. The van der Waals surface area contributed by atoms with Crippen LogP contribution in [0.3, 0.4) is 0 Å². The fourth-order valence-electron chi connectivity index (χ4n) is 11.6. The third kappa shape index (κ3) is 9.56. The number of methoxy groups -OCH3 is 1. The molecule has 18 heteroatoms. The molecule has 1 aromatic heterocycles. The minimum absolute atomic E-state index is 0.000656. The Morgan fingerprint density at radius 1 is 0.915 bits per heavy atom. The van der Waals surface area contributed by atoms with Gasteiger partial charge in [0.15, 0.2) is 17.2 Å². The summed E-state index contributed by atoms with van der Waals surface area (Å²) in [6, 6.07) is 18.9. The van der Waals surface area contributed by atoms with E-state index < -0.39 is 35.1 Å². The number of hydrogen-bond donors (Lipinski definition) is 4. The lowest BCUT2D eigenvalue weighted by Crippen LogP contribution is -2.50. The lowest BCUT2D eigenvalue weighted by molar-refractivity contribution is -0.138. The summed E-state index contributed by atoms with van der Waals surface area (Å²) in [4.78, 5) is 67.5. The number of imide groups is 1. The third-order valence-corrected chi connectivity index (χ3v) is 16.0. The van der Waals surface area contributed by atoms with Crippen molar-refractivity contribution >= 4 is 52.1 Å². The predicted molar refractivity (Wildman–Crippen MR) is 265 cm³/mol. The van der Waals surface area contributed by atoms with Crippen LogP contribution >= 0.6 is 11.6 Å². The van der Waals surface area contributed by atoms with Crippen molar-refractivity contribution in [3.63, 3.8) is 0 Å². The summed E-state index contributed by atoms with van der Waals surface area (Å²) in [5, 5.41) is 5.78. The number of amides is 5. The first-order valence-electron chi connectivity index (χ1n) is 24.8. The number of hydrogen-bond acceptors (Lipinski definition) is 10. The Morgan fingerprint density at radius 2 is 1.65 bits per heavy atom. The number of likely N-dealkylation sites (tertiary alicyclic amines) is 1. The smallest absolute Gasteiger partial charge is 0.328 e. The number of H-pyrrole nitrogens is 1. The van der Waals surface area contributed by atoms with Crippen molar-refractivity contribution in [2.24, 2.45) is 17.6 Å². The first-order chi connectivity index (χ1) is 34.3. The van der Waals surface area contributed by atoms with E-state index in [9.17, 15) is 19.2 Å². The molecule has 5 N–H and O–H groups in total. The van der Waals surface area contributed by atoms with Crippen LogP contribution in [0.15, 0.2) is 66.7 Å². The lowest BCUT2D eigenvalue weighted by atomic mass is 9.77. The topological polar surface area (TPSA) is 178 Å². The summed E-state index contributed by atoms with van der Waals surface area (Å²) in [5.74, 6) is -1.68. The molecule has 10 rings (SSSR count). The Bertz CT molecular complexity index is 2840. The van der Waals surface area contributed by atoms with Gasteiger partial charge < -0.3 is 35.3 Å². The van der Waals surface area contributed by atoms with Crippen LogP contribution in [0.5, 0.6) is 11.5 Å². The van der Waals surface area contributed by atoms with E-state index in [1.807, 2.05) is 55.5 Å². The second kappa shape index (κ2) is 20.2. The highest BCUT2D eigenvalue weighted by atomic mass is 35.5. The molecule has 0 radical (unpaired) electrons. The van der Waals surface area contributed by atoms with Gasteiger partial charge in [-0.3, -0.25) is 29.5 Å². The van der Waals surface area contributed by atoms with E-state index in [4.69, 9.17) is 31.8 Å². The summed E-state index contributed by atoms with van der Waals surface area (Å²) in [6.45, 7) is 9.74. The fourth-order valence-corrected chi connectivity index (χ4v) is 11.9. The number of ether oxygens (including phenoxy) is 2. The molecule has 2 atom stereocenters. The van der Waals surface area contributed by atoms with Crippen molar-refractivity contribution in [1.82, 2.24) is 35.3 Å². The Kier molecular flexibility index (Phi) is 13.8. The molecule has 1 aliphatic carbocycles. The summed E-state index contributed by atoms with van der Waals surface area (Å²) in [5.41, 5.74) is 7.99. The van der Waals surface area contributed by atoms with Crippen LogP contribution in [0.1, 0.15) is 85.1 Å². The number of urea groups is 1. The standard InChI is InChI=1S/C53H60ClF2N9O6/c1-31-45-42(27-38(55)48(54)47(45)46-37(50(57)67)13-15-41(70-2)49(46)56)71-53(31,34-6-4-3-5-7-34)30-58-35-10-8-33(9-11-35)51(68)64-19-16-32(17-20-64)28-62-22-24-63(25-23-62)29-43-59-39-14-12-36(26-40(39)60-43)65-21-18-44(66)61-52(65)69/h3-7,12-15,26-27,31-33,35,58H,8-11,16-25,28-30H2,1-2H3,(H2,57,67)(H,59,60)(H,61,66,69)/t31-,33?,35?,53-/m0/s1. The number of benzene rings is 4. The van der Waals surface area contributed by atoms with Crippen LogP contribution in [0.4, 0.5) is 19.3 Å². The second-order valence-corrected chi connectivity index (χ2v) is 20.2. The Morgan fingerprint density at radius 3 is 2.35 bits per heavy atom. The van der Waals surface area contributed by atoms with Gasteiger partial charge in [-0.05, 0) is 80.3 Å². The van der Waals surface area contributed by atoms with Crippen LogP contribution in [-0.2, 0) is 21.7 Å². The molecule has 15 nitrogen and oxygen atoms in total. The number of nitrogens with two attached hydrogens (primary N) is 1. The van der Waals surface area contributed by atoms with Gasteiger partial charge in [-0.15, -0.1) is 0 Å². The van der Waals surface area contributed by atoms with Gasteiger partial charge in [-0.2, -0.15) is 0 Å². The molecular formula is C53H60ClF2N9O6. The number of nitrogens with one attached hydrogen (secondary N) is 3. The third-order valence-electron chi connectivity index (χ3n) is 15.6. The van der Waals surface area contributed by atoms with E-state index in [1.165, 1.54) is 25.3 Å². The molecule has 5 aromatic rings. The maximum absolute atomic E-state index is 16.2. The van der Waals surface area contributed by atoms with Gasteiger partial charge in [0.1, 0.15) is 17.4 Å². The van der Waals surface area contributed by atoms with E-state index in [2.05, 4.69) is 30.3 Å². The maximum atomic E-state index is 16.2. The van der Waals surface area contributed by atoms with Crippen molar-refractivity contribution < 1.29 is 37.4 Å². The predicted octanol–water partition coefficient (Wildman–Crippen LogP) is 7.31. The number of fused-ring (bicyclic) bond motifs is 2. The number of primary amides is 1. The molecule has 5 heterocycles. The van der Waals surface area contributed by atoms with Gasteiger partial charge in [0.25, 0.3) is 0 Å². The number of carbonyl (C=O) groups is 4. The van der Waals surface area contributed by atoms with Crippen molar-refractivity contribution in [3.8, 4) is 22.6 Å². The summed E-state index contributed by atoms with van der Waals surface area (Å²) in [6.07, 6.45) is 5.39. The van der Waals surface area contributed by atoms with Crippen LogP contribution < -0.4 is 30.7 Å². The number of rotatable bonds is 13. The Labute approximate surface area is 416 Å². The molecule has 374 valence electrons. The van der Waals surface area contributed by atoms with Gasteiger partial charge >= 0.3 is 6.03 Å². The quantitative estimate of drug-likeness (QED) is 0.0936. The molecule has 0 unspecified atom stereocenters. The first-order valence-corrected chi connectivity index (χ1v) is 25.2. The molecule has 5 amide bonds. The number of imidazole rings is 1. The van der Waals surface area contributed by atoms with Crippen LogP contribution in [-0.4, -0.2) is 120 Å². The summed E-state index contributed by atoms with van der Waals surface area (Å²) >= 11 is 6.70. The number of halogens is 3. The average molecular weight is 993 g/mol. The van der Waals surface area contributed by atoms with E-state index >= 15 is 8.78 Å². The molecule has 4 aliphatic heterocycles. The highest BCUT2D eigenvalue weighted by molar-refractivity contribution is 6.34. The normalized spacial score (nSPS) is 23.4. The molecule has 0 spiro atoms. The van der Waals surface area contributed by atoms with Gasteiger partial charge in [0, 0.05) is 112 Å². The monoisotopic (exact) mass is 991 g/mol. The zero-order valence-corrected chi connectivity index (χ0v) is 40.8. The van der Waals surface area contributed by atoms with Gasteiger partial charge in [0.2, 0.25) is 17.7 Å². The minimum Gasteiger partial charge on any atom is -0.494 e. The van der Waals surface area contributed by atoms with E-state index in [-0.39, 0.29) is 63.4 Å². The molecule has 4 fully saturated rings. The van der Waals surface area contributed by atoms with Crippen LogP contribution in [0.2, 0.25) is 5.02 Å². The number of aromatic nitrogens is 2. The Hall–Kier alpha value is -6.14. The number of carbonyl (C=O) groups excluding carboxylic acids is 4. The summed E-state index contributed by atoms with van der Waals surface area (Å²) < 4.78 is 44.1. The zero-order valence-electron chi connectivity index (χ0n) is 40.1. The Balaban J connectivity index is 0.709. The number of piperidine rings is 1. The van der Waals surface area contributed by atoms with Crippen molar-refractivity contribution in [3.05, 3.63) is 106 Å². The average Bonchev–Trinajstić information content (AvgIpc) is 3.91. The van der Waals surface area contributed by atoms with E-state index in [0.29, 0.717) is 31.1 Å². The second-order valence-electron chi connectivity index (χ2n) is 19.8. The van der Waals surface area contributed by atoms with Gasteiger partial charge in [-0.1, -0.05) is 48.9 Å². The number of piperazine rings is 1. The molecular weight excluding hydrogens is 932 g/mol. The first kappa shape index (κ1) is 48.5. The molecule has 71 heavy (non-hydrogen) atoms. The molecule has 1 saturated carbocycles. The number of aromatic amines is 1. The van der Waals surface area contributed by atoms with Crippen molar-refractivity contribution in [2.45, 2.75) is 76.0 Å². The largest absolute Gasteiger partial charge is 0.494 e. The lowest BCUT2D eigenvalue weighted by Gasteiger charge is -2.40. The zero-order chi connectivity index (χ0) is 49.6. The number of nitrogens with zero attached hydrogens (tertiary/aromatic N) is 5. The van der Waals surface area contributed by atoms with Crippen molar-refractivity contribution in [1.29, 1.82) is 0 Å². The SMILES string of the molecule is COc1ccc(C(N)=O)c(-c2c(Cl)c(F)cc3c2[C@H](C)[C@@](CNC2CCC(C(=O)N4CCC(CN5CCN(Cc6nc7ccc(N8CCC(=O)NC8=O)cc7[nH]6)CC5)CC4)CC2)(c2ccccc2)O3)c1F. The fraction of sp³-hybridized carbons (Fsp3) is 0.453. The van der Waals surface area contributed by atoms with E-state index in [0.717, 1.165) is 112 Å². The summed E-state index contributed by atoms with van der Waals surface area (Å²) in [7, 11) is 1.30. The van der Waals surface area contributed by atoms with Gasteiger partial charge in [0.05, 0.1) is 35.3 Å². The minimum atomic E-state index is -1.06. The maximum Gasteiger partial charge on any atom is 0.328 e. The molecule has 0 bridgehead atoms. The van der Waals surface area contributed by atoms with Crippen LogP contribution in [0.25, 0.3) is 22.2 Å². The van der Waals surface area contributed by atoms with Crippen molar-refractivity contribution in [2.75, 3.05) is 70.9 Å². The highest BCUT2D eigenvalue weighted by Gasteiger charge is 2.50. The van der Waals surface area contributed by atoms with Gasteiger partial charge in [-0.25, -0.2) is 18.6 Å².